The lowest BCUT2D eigenvalue weighted by Gasteiger charge is -2.34. The Morgan fingerprint density at radius 2 is 1.51 bits per heavy atom. The van der Waals surface area contributed by atoms with Crippen molar-refractivity contribution < 1.29 is 19.1 Å². The number of nitrogens with one attached hydrogen (secondary N) is 1. The highest BCUT2D eigenvalue weighted by molar-refractivity contribution is 5.96. The van der Waals surface area contributed by atoms with E-state index in [0.717, 1.165) is 37.4 Å². The number of hydrogen-bond donors (Lipinski definition) is 1. The van der Waals surface area contributed by atoms with Gasteiger partial charge in [0.15, 0.2) is 0 Å². The van der Waals surface area contributed by atoms with Gasteiger partial charge in [0.25, 0.3) is 5.91 Å². The average molecular weight is 481 g/mol. The van der Waals surface area contributed by atoms with E-state index in [-0.39, 0.29) is 17.7 Å². The predicted octanol–water partition coefficient (Wildman–Crippen LogP) is 3.25. The Morgan fingerprint density at radius 3 is 2.09 bits per heavy atom. The molecule has 0 bridgehead atoms. The lowest BCUT2D eigenvalue weighted by atomic mass is 9.95. The van der Waals surface area contributed by atoms with Crippen molar-refractivity contribution >= 4 is 23.2 Å². The van der Waals surface area contributed by atoms with Gasteiger partial charge < -0.3 is 29.5 Å². The normalized spacial score (nSPS) is 17.3. The number of likely N-dealkylation sites (N-methyl/N-ethyl adjacent to an activating group) is 1. The molecule has 0 spiro atoms. The van der Waals surface area contributed by atoms with Crippen LogP contribution in [-0.2, 0) is 4.79 Å². The Balaban J connectivity index is 1.33. The highest BCUT2D eigenvalue weighted by Gasteiger charge is 2.28. The maximum Gasteiger partial charge on any atom is 0.254 e. The number of likely N-dealkylation sites (tertiary alicyclic amines) is 1. The topological polar surface area (TPSA) is 74.3 Å². The molecule has 2 heterocycles. The Kier molecular flexibility index (Phi) is 7.80. The molecule has 2 aromatic rings. The van der Waals surface area contributed by atoms with Gasteiger partial charge in [-0.1, -0.05) is 0 Å². The van der Waals surface area contributed by atoms with E-state index in [2.05, 4.69) is 34.3 Å². The molecule has 8 heteroatoms. The van der Waals surface area contributed by atoms with Crippen LogP contribution < -0.4 is 19.7 Å². The van der Waals surface area contributed by atoms with E-state index in [1.165, 1.54) is 5.69 Å². The number of rotatable bonds is 6. The molecule has 2 aliphatic heterocycles. The molecule has 188 valence electrons. The number of piperazine rings is 1. The molecule has 0 atom stereocenters. The first-order chi connectivity index (χ1) is 16.9. The number of anilines is 2. The maximum atomic E-state index is 13.0. The van der Waals surface area contributed by atoms with Crippen LogP contribution in [0.1, 0.15) is 28.8 Å². The number of hydrogen-bond acceptors (Lipinski definition) is 6. The molecule has 4 rings (SSSR count). The number of methoxy groups -OCH3 is 2. The van der Waals surface area contributed by atoms with Crippen LogP contribution in [0, 0.1) is 12.8 Å². The van der Waals surface area contributed by atoms with Crippen LogP contribution in [0.25, 0.3) is 0 Å². The monoisotopic (exact) mass is 480 g/mol. The molecule has 0 aromatic heterocycles. The third-order valence-corrected chi connectivity index (χ3v) is 7.09. The number of carbonyl (C=O) groups excluding carboxylic acids is 2. The molecule has 0 radical (unpaired) electrons. The fourth-order valence-electron chi connectivity index (χ4n) is 4.74. The summed E-state index contributed by atoms with van der Waals surface area (Å²) in [6.07, 6.45) is 1.27. The minimum Gasteiger partial charge on any atom is -0.497 e. The van der Waals surface area contributed by atoms with Gasteiger partial charge in [-0.05, 0) is 62.7 Å². The fourth-order valence-corrected chi connectivity index (χ4v) is 4.74. The summed E-state index contributed by atoms with van der Waals surface area (Å²) in [5, 5.41) is 3.12. The lowest BCUT2D eigenvalue weighted by molar-refractivity contribution is -0.121. The van der Waals surface area contributed by atoms with Crippen molar-refractivity contribution in [3.63, 3.8) is 0 Å². The lowest BCUT2D eigenvalue weighted by Crippen LogP contribution is -2.44. The molecule has 2 aromatic carbocycles. The Bertz CT molecular complexity index is 1030. The number of carbonyl (C=O) groups is 2. The van der Waals surface area contributed by atoms with Gasteiger partial charge >= 0.3 is 0 Å². The maximum absolute atomic E-state index is 13.0. The van der Waals surface area contributed by atoms with Crippen LogP contribution in [0.2, 0.25) is 0 Å². The minimum atomic E-state index is -0.115. The second-order valence-corrected chi connectivity index (χ2v) is 9.45. The van der Waals surface area contributed by atoms with Crippen LogP contribution in [0.3, 0.4) is 0 Å². The average Bonchev–Trinajstić information content (AvgIpc) is 2.89. The van der Waals surface area contributed by atoms with Gasteiger partial charge in [-0.3, -0.25) is 9.59 Å². The number of benzene rings is 2. The molecule has 1 N–H and O–H groups in total. The van der Waals surface area contributed by atoms with E-state index in [1.807, 2.05) is 13.0 Å². The van der Waals surface area contributed by atoms with E-state index < -0.39 is 0 Å². The number of ether oxygens (including phenoxy) is 2. The van der Waals surface area contributed by atoms with Crippen molar-refractivity contribution in [3.05, 3.63) is 47.5 Å². The van der Waals surface area contributed by atoms with Crippen LogP contribution in [0.15, 0.2) is 36.4 Å². The van der Waals surface area contributed by atoms with Gasteiger partial charge in [0.1, 0.15) is 11.5 Å². The zero-order chi connectivity index (χ0) is 24.9. The van der Waals surface area contributed by atoms with Gasteiger partial charge in [-0.2, -0.15) is 0 Å². The largest absolute Gasteiger partial charge is 0.497 e. The summed E-state index contributed by atoms with van der Waals surface area (Å²) in [7, 11) is 5.28. The van der Waals surface area contributed by atoms with Crippen LogP contribution in [0.4, 0.5) is 11.4 Å². The second kappa shape index (κ2) is 11.0. The smallest absolute Gasteiger partial charge is 0.254 e. The number of piperidine rings is 1. The van der Waals surface area contributed by atoms with Crippen molar-refractivity contribution in [2.24, 2.45) is 5.92 Å². The first-order valence-electron chi connectivity index (χ1n) is 12.3. The zero-order valence-corrected chi connectivity index (χ0v) is 21.2. The summed E-state index contributed by atoms with van der Waals surface area (Å²) < 4.78 is 10.6. The molecule has 0 unspecified atom stereocenters. The van der Waals surface area contributed by atoms with E-state index in [4.69, 9.17) is 9.47 Å². The minimum absolute atomic E-state index is 0.0237. The number of nitrogens with zero attached hydrogens (tertiary/aromatic N) is 3. The summed E-state index contributed by atoms with van der Waals surface area (Å²) in [5.41, 5.74) is 3.65. The molecule has 35 heavy (non-hydrogen) atoms. The predicted molar refractivity (Wildman–Crippen MR) is 138 cm³/mol. The Hall–Kier alpha value is -3.26. The van der Waals surface area contributed by atoms with Crippen molar-refractivity contribution in [1.82, 2.24) is 9.80 Å². The molecule has 2 aliphatic rings. The third-order valence-electron chi connectivity index (χ3n) is 7.09. The van der Waals surface area contributed by atoms with Crippen LogP contribution >= 0.6 is 0 Å². The van der Waals surface area contributed by atoms with E-state index >= 15 is 0 Å². The highest BCUT2D eigenvalue weighted by atomic mass is 16.5. The highest BCUT2D eigenvalue weighted by Crippen LogP contribution is 2.28. The molecule has 8 nitrogen and oxygen atoms in total. The summed E-state index contributed by atoms with van der Waals surface area (Å²) in [5.74, 6) is 0.995. The van der Waals surface area contributed by atoms with Crippen molar-refractivity contribution in [2.45, 2.75) is 19.8 Å². The molecule has 2 fully saturated rings. The molecule has 2 saturated heterocycles. The molecular formula is C27H36N4O4. The first kappa shape index (κ1) is 24.9. The van der Waals surface area contributed by atoms with Crippen molar-refractivity contribution in [2.75, 3.05) is 70.8 Å². The first-order valence-corrected chi connectivity index (χ1v) is 12.3. The van der Waals surface area contributed by atoms with Gasteiger partial charge in [0.2, 0.25) is 5.91 Å². The zero-order valence-electron chi connectivity index (χ0n) is 21.2. The second-order valence-electron chi connectivity index (χ2n) is 9.45. The Morgan fingerprint density at radius 1 is 0.886 bits per heavy atom. The molecule has 0 saturated carbocycles. The van der Waals surface area contributed by atoms with Crippen molar-refractivity contribution in [1.29, 1.82) is 0 Å². The summed E-state index contributed by atoms with van der Waals surface area (Å²) in [6.45, 7) is 7.27. The van der Waals surface area contributed by atoms with Crippen LogP contribution in [0.5, 0.6) is 11.5 Å². The van der Waals surface area contributed by atoms with Gasteiger partial charge in [0, 0.05) is 68.2 Å². The van der Waals surface area contributed by atoms with E-state index in [0.29, 0.717) is 43.0 Å². The van der Waals surface area contributed by atoms with Gasteiger partial charge in [-0.25, -0.2) is 0 Å². The van der Waals surface area contributed by atoms with Gasteiger partial charge in [0.05, 0.1) is 14.2 Å². The summed E-state index contributed by atoms with van der Waals surface area (Å²) in [4.78, 5) is 32.6. The molecule has 2 amide bonds. The summed E-state index contributed by atoms with van der Waals surface area (Å²) in [6, 6.07) is 11.4. The van der Waals surface area contributed by atoms with E-state index in [9.17, 15) is 9.59 Å². The molecular weight excluding hydrogens is 444 g/mol. The third kappa shape index (κ3) is 5.88. The molecule has 0 aliphatic carbocycles. The van der Waals surface area contributed by atoms with Gasteiger partial charge in [-0.15, -0.1) is 0 Å². The van der Waals surface area contributed by atoms with Crippen LogP contribution in [-0.4, -0.2) is 82.1 Å². The summed E-state index contributed by atoms with van der Waals surface area (Å²) >= 11 is 0. The standard InChI is InChI=1S/C27H36N4O4/c1-19-15-22(30-13-11-29(2)12-14-30)5-6-25(19)28-26(32)20-7-9-31(10-8-20)27(33)21-16-23(34-3)18-24(17-21)35-4/h5-6,15-18,20H,7-14H2,1-4H3,(H,28,32). The number of aryl methyl sites for hydroxylation is 1. The fraction of sp³-hybridized carbons (Fsp3) is 0.481. The number of amides is 2. The SMILES string of the molecule is COc1cc(OC)cc(C(=O)N2CCC(C(=O)Nc3ccc(N4CCN(C)CC4)cc3C)CC2)c1. The van der Waals surface area contributed by atoms with Crippen molar-refractivity contribution in [3.8, 4) is 11.5 Å². The van der Waals surface area contributed by atoms with E-state index in [1.54, 1.807) is 37.3 Å². The quantitative estimate of drug-likeness (QED) is 0.684. The Labute approximate surface area is 207 Å².